The second-order valence-corrected chi connectivity index (χ2v) is 9.34. The molecule has 0 N–H and O–H groups in total. The molecular formula is C22H29FN2O. The lowest BCUT2D eigenvalue weighted by Crippen LogP contribution is -2.54. The third-order valence-electron chi connectivity index (χ3n) is 7.56. The summed E-state index contributed by atoms with van der Waals surface area (Å²) in [4.78, 5) is 17.7. The molecule has 0 atom stereocenters. The summed E-state index contributed by atoms with van der Waals surface area (Å²) in [5.74, 6) is 2.83. The van der Waals surface area contributed by atoms with Crippen molar-refractivity contribution in [2.75, 3.05) is 37.6 Å². The number of benzene rings is 1. The molecule has 1 heterocycles. The number of rotatable bonds is 4. The first kappa shape index (κ1) is 16.7. The number of piperazine rings is 1. The highest BCUT2D eigenvalue weighted by Gasteiger charge is 2.54. The zero-order valence-corrected chi connectivity index (χ0v) is 15.5. The van der Waals surface area contributed by atoms with Crippen molar-refractivity contribution in [1.29, 1.82) is 0 Å². The van der Waals surface area contributed by atoms with Gasteiger partial charge in [0.1, 0.15) is 5.82 Å². The van der Waals surface area contributed by atoms with Crippen LogP contribution in [0.15, 0.2) is 24.3 Å². The van der Waals surface area contributed by atoms with Gasteiger partial charge in [-0.15, -0.1) is 0 Å². The lowest BCUT2D eigenvalue weighted by atomic mass is 9.48. The van der Waals surface area contributed by atoms with Crippen LogP contribution in [0.5, 0.6) is 0 Å². The molecule has 5 fully saturated rings. The Labute approximate surface area is 155 Å². The van der Waals surface area contributed by atoms with E-state index in [0.29, 0.717) is 18.0 Å². The molecule has 0 aromatic heterocycles. The number of hydrogen-bond donors (Lipinski definition) is 0. The smallest absolute Gasteiger partial charge is 0.152 e. The van der Waals surface area contributed by atoms with Gasteiger partial charge < -0.3 is 4.90 Å². The molecule has 6 rings (SSSR count). The number of nitrogens with zero attached hydrogens (tertiary/aromatic N) is 2. The zero-order chi connectivity index (χ0) is 17.7. The van der Waals surface area contributed by atoms with Gasteiger partial charge in [0.25, 0.3) is 0 Å². The Balaban J connectivity index is 1.21. The summed E-state index contributed by atoms with van der Waals surface area (Å²) >= 11 is 0. The predicted molar refractivity (Wildman–Crippen MR) is 101 cm³/mol. The number of hydrogen-bond acceptors (Lipinski definition) is 3. The minimum atomic E-state index is -0.148. The van der Waals surface area contributed by atoms with Crippen LogP contribution in [0.4, 0.5) is 10.1 Å². The van der Waals surface area contributed by atoms with Crippen LogP contribution in [0.2, 0.25) is 0 Å². The Morgan fingerprint density at radius 1 is 0.962 bits per heavy atom. The summed E-state index contributed by atoms with van der Waals surface area (Å²) in [6, 6.07) is 7.00. The van der Waals surface area contributed by atoms with Crippen LogP contribution in [0.25, 0.3) is 0 Å². The molecule has 0 radical (unpaired) electrons. The normalized spacial score (nSPS) is 36.5. The van der Waals surface area contributed by atoms with Crippen LogP contribution in [0.3, 0.4) is 0 Å². The average Bonchev–Trinajstić information content (AvgIpc) is 2.62. The molecule has 4 heteroatoms. The number of Topliss-reactive ketones (excluding diaryl/α,β-unsaturated/α-hetero) is 1. The third kappa shape index (κ3) is 2.87. The molecule has 1 saturated heterocycles. The highest BCUT2D eigenvalue weighted by atomic mass is 19.1. The Kier molecular flexibility index (Phi) is 4.07. The van der Waals surface area contributed by atoms with Crippen molar-refractivity contribution in [2.24, 2.45) is 23.2 Å². The SMILES string of the molecule is O=C(CN1CCN(c2ccccc2F)CC1)C12CC3CC(CC(C3)C1)C2. The number of carbonyl (C=O) groups excluding carboxylic acids is 1. The third-order valence-corrected chi connectivity index (χ3v) is 7.56. The van der Waals surface area contributed by atoms with E-state index >= 15 is 0 Å². The minimum Gasteiger partial charge on any atom is -0.367 e. The summed E-state index contributed by atoms with van der Waals surface area (Å²) in [7, 11) is 0. The summed E-state index contributed by atoms with van der Waals surface area (Å²) in [5, 5.41) is 0. The lowest BCUT2D eigenvalue weighted by molar-refractivity contribution is -0.145. The molecule has 0 unspecified atom stereocenters. The Hall–Kier alpha value is -1.42. The Morgan fingerprint density at radius 2 is 1.54 bits per heavy atom. The van der Waals surface area contributed by atoms with Gasteiger partial charge in [0.05, 0.1) is 12.2 Å². The molecule has 0 amide bonds. The molecule has 4 saturated carbocycles. The largest absolute Gasteiger partial charge is 0.367 e. The standard InChI is InChI=1S/C22H29FN2O/c23-19-3-1-2-4-20(19)25-7-5-24(6-8-25)15-21(26)22-12-16-9-17(13-22)11-18(10-16)14-22/h1-4,16-18H,5-15H2. The van der Waals surface area contributed by atoms with Gasteiger partial charge in [-0.1, -0.05) is 12.1 Å². The van der Waals surface area contributed by atoms with Crippen LogP contribution >= 0.6 is 0 Å². The van der Waals surface area contributed by atoms with Crippen LogP contribution in [-0.2, 0) is 4.79 Å². The first-order valence-electron chi connectivity index (χ1n) is 10.4. The first-order chi connectivity index (χ1) is 12.6. The van der Waals surface area contributed by atoms with Crippen molar-refractivity contribution < 1.29 is 9.18 Å². The van der Waals surface area contributed by atoms with E-state index < -0.39 is 0 Å². The van der Waals surface area contributed by atoms with Gasteiger partial charge in [-0.3, -0.25) is 9.69 Å². The van der Waals surface area contributed by atoms with Crippen molar-refractivity contribution >= 4 is 11.5 Å². The summed E-state index contributed by atoms with van der Waals surface area (Å²) in [5.41, 5.74) is 0.705. The molecule has 1 aromatic rings. The fourth-order valence-corrected chi connectivity index (χ4v) is 6.68. The molecule has 1 aliphatic heterocycles. The van der Waals surface area contributed by atoms with Crippen LogP contribution < -0.4 is 4.90 Å². The van der Waals surface area contributed by atoms with Crippen molar-refractivity contribution in [1.82, 2.24) is 4.90 Å². The van der Waals surface area contributed by atoms with E-state index in [1.54, 1.807) is 6.07 Å². The average molecular weight is 356 g/mol. The van der Waals surface area contributed by atoms with Crippen LogP contribution in [0, 0.1) is 29.0 Å². The first-order valence-corrected chi connectivity index (χ1v) is 10.4. The Bertz CT molecular complexity index is 660. The molecule has 26 heavy (non-hydrogen) atoms. The van der Waals surface area contributed by atoms with Crippen LogP contribution in [-0.4, -0.2) is 43.4 Å². The fraction of sp³-hybridized carbons (Fsp3) is 0.682. The van der Waals surface area contributed by atoms with Crippen molar-refractivity contribution in [3.63, 3.8) is 0 Å². The van der Waals surface area contributed by atoms with Gasteiger partial charge in [-0.05, 0) is 68.4 Å². The number of anilines is 1. The maximum atomic E-state index is 14.0. The van der Waals surface area contributed by atoms with E-state index in [1.807, 2.05) is 12.1 Å². The number of ketones is 1. The van der Waals surface area contributed by atoms with Crippen LogP contribution in [0.1, 0.15) is 38.5 Å². The highest BCUT2D eigenvalue weighted by molar-refractivity contribution is 5.87. The van der Waals surface area contributed by atoms with E-state index in [4.69, 9.17) is 0 Å². The lowest BCUT2D eigenvalue weighted by Gasteiger charge is -2.56. The number of carbonyl (C=O) groups is 1. The predicted octanol–water partition coefficient (Wildman–Crippen LogP) is 3.73. The van der Waals surface area contributed by atoms with Gasteiger partial charge in [-0.2, -0.15) is 0 Å². The molecule has 5 aliphatic rings. The maximum absolute atomic E-state index is 14.0. The van der Waals surface area contributed by atoms with E-state index in [1.165, 1.54) is 25.3 Å². The van der Waals surface area contributed by atoms with Gasteiger partial charge >= 0.3 is 0 Å². The second-order valence-electron chi connectivity index (χ2n) is 9.34. The fourth-order valence-electron chi connectivity index (χ4n) is 6.68. The minimum absolute atomic E-state index is 0.0113. The van der Waals surface area contributed by atoms with Crippen molar-refractivity contribution in [3.05, 3.63) is 30.1 Å². The van der Waals surface area contributed by atoms with Crippen molar-refractivity contribution in [2.45, 2.75) is 38.5 Å². The highest BCUT2D eigenvalue weighted by Crippen LogP contribution is 2.60. The van der Waals surface area contributed by atoms with E-state index in [0.717, 1.165) is 63.2 Å². The molecule has 1 aromatic carbocycles. The molecule has 4 bridgehead atoms. The van der Waals surface area contributed by atoms with E-state index in [-0.39, 0.29) is 11.2 Å². The molecule has 4 aliphatic carbocycles. The monoisotopic (exact) mass is 356 g/mol. The summed E-state index contributed by atoms with van der Waals surface area (Å²) < 4.78 is 14.0. The molecular weight excluding hydrogens is 327 g/mol. The van der Waals surface area contributed by atoms with Crippen molar-refractivity contribution in [3.8, 4) is 0 Å². The van der Waals surface area contributed by atoms with Gasteiger partial charge in [0.2, 0.25) is 0 Å². The topological polar surface area (TPSA) is 23.6 Å². The maximum Gasteiger partial charge on any atom is 0.152 e. The van der Waals surface area contributed by atoms with Gasteiger partial charge in [-0.25, -0.2) is 4.39 Å². The second kappa shape index (κ2) is 6.33. The van der Waals surface area contributed by atoms with E-state index in [2.05, 4.69) is 9.80 Å². The molecule has 140 valence electrons. The quantitative estimate of drug-likeness (QED) is 0.821. The number of para-hydroxylation sites is 1. The summed E-state index contributed by atoms with van der Waals surface area (Å²) in [6.07, 6.45) is 7.63. The Morgan fingerprint density at radius 3 is 2.12 bits per heavy atom. The van der Waals surface area contributed by atoms with Gasteiger partial charge in [0.15, 0.2) is 5.78 Å². The molecule has 0 spiro atoms. The molecule has 3 nitrogen and oxygen atoms in total. The van der Waals surface area contributed by atoms with Gasteiger partial charge in [0, 0.05) is 31.6 Å². The van der Waals surface area contributed by atoms with E-state index in [9.17, 15) is 9.18 Å². The summed E-state index contributed by atoms with van der Waals surface area (Å²) in [6.45, 7) is 3.92. The zero-order valence-electron chi connectivity index (χ0n) is 15.5. The number of halogens is 1.